The van der Waals surface area contributed by atoms with Crippen molar-refractivity contribution in [3.8, 4) is 0 Å². The van der Waals surface area contributed by atoms with E-state index in [1.165, 1.54) is 43.2 Å². The zero-order chi connectivity index (χ0) is 26.9. The Morgan fingerprint density at radius 1 is 0.872 bits per heavy atom. The van der Waals surface area contributed by atoms with Gasteiger partial charge in [0.1, 0.15) is 0 Å². The average Bonchev–Trinajstić information content (AvgIpc) is 3.50. The van der Waals surface area contributed by atoms with Crippen molar-refractivity contribution in [2.75, 3.05) is 10.2 Å². The molecule has 5 rings (SSSR count). The van der Waals surface area contributed by atoms with Crippen molar-refractivity contribution in [1.82, 2.24) is 20.6 Å². The topological polar surface area (TPSA) is 104 Å². The van der Waals surface area contributed by atoms with Gasteiger partial charge in [0, 0.05) is 17.7 Å². The van der Waals surface area contributed by atoms with Gasteiger partial charge >= 0.3 is 0 Å². The van der Waals surface area contributed by atoms with Gasteiger partial charge in [-0.2, -0.15) is 5.21 Å². The van der Waals surface area contributed by atoms with Crippen molar-refractivity contribution in [2.45, 2.75) is 63.8 Å². The Morgan fingerprint density at radius 2 is 1.62 bits per heavy atom. The molecule has 1 heterocycles. The Kier molecular flexibility index (Phi) is 8.73. The lowest BCUT2D eigenvalue weighted by Gasteiger charge is -2.25. The molecule has 0 radical (unpaired) electrons. The summed E-state index contributed by atoms with van der Waals surface area (Å²) >= 11 is 0. The molecule has 0 atom stereocenters. The third-order valence-electron chi connectivity index (χ3n) is 7.41. The summed E-state index contributed by atoms with van der Waals surface area (Å²) in [7, 11) is 0. The van der Waals surface area contributed by atoms with Gasteiger partial charge < -0.3 is 4.90 Å². The largest absolute Gasteiger partial charge is 0.308 e. The van der Waals surface area contributed by atoms with E-state index in [0.717, 1.165) is 24.1 Å². The number of anilines is 2. The predicted molar refractivity (Wildman–Crippen MR) is 151 cm³/mol. The number of tetrazole rings is 1. The summed E-state index contributed by atoms with van der Waals surface area (Å²) in [6, 6.07) is 26.1. The van der Waals surface area contributed by atoms with Crippen LogP contribution in [0, 0.1) is 0 Å². The molecular weight excluding hydrogens is 488 g/mol. The first-order chi connectivity index (χ1) is 19.2. The normalized spacial score (nSPS) is 13.6. The quantitative estimate of drug-likeness (QED) is 0.264. The maximum Gasteiger partial charge on any atom is 0.270 e. The molecule has 0 bridgehead atoms. The van der Waals surface area contributed by atoms with Crippen molar-refractivity contribution in [3.63, 3.8) is 0 Å². The Hall–Kier alpha value is -4.33. The maximum absolute atomic E-state index is 13.5. The SMILES string of the molecule is O=C(Nc1nn[nH]n1)c1ccc(CN(C(=O)CCCc2ccccc2)c2ccc(C3CCCCC3)cc2)cc1. The molecular formula is C31H34N6O2. The average molecular weight is 523 g/mol. The van der Waals surface area contributed by atoms with E-state index in [-0.39, 0.29) is 17.8 Å². The molecule has 0 saturated heterocycles. The maximum atomic E-state index is 13.5. The first-order valence-corrected chi connectivity index (χ1v) is 13.7. The van der Waals surface area contributed by atoms with Gasteiger partial charge in [-0.05, 0) is 77.8 Å². The van der Waals surface area contributed by atoms with Crippen LogP contribution in [0.2, 0.25) is 0 Å². The second-order valence-electron chi connectivity index (χ2n) is 10.1. The fourth-order valence-corrected chi connectivity index (χ4v) is 5.24. The number of nitrogens with one attached hydrogen (secondary N) is 2. The van der Waals surface area contributed by atoms with E-state index in [0.29, 0.717) is 24.4 Å². The van der Waals surface area contributed by atoms with E-state index < -0.39 is 0 Å². The summed E-state index contributed by atoms with van der Waals surface area (Å²) in [4.78, 5) is 27.9. The fraction of sp³-hybridized carbons (Fsp3) is 0.323. The molecule has 0 aliphatic heterocycles. The fourth-order valence-electron chi connectivity index (χ4n) is 5.24. The lowest BCUT2D eigenvalue weighted by molar-refractivity contribution is -0.118. The van der Waals surface area contributed by atoms with Gasteiger partial charge in [0.25, 0.3) is 11.9 Å². The Bertz CT molecular complexity index is 1330. The number of rotatable bonds is 10. The van der Waals surface area contributed by atoms with Crippen LogP contribution in [-0.4, -0.2) is 32.4 Å². The van der Waals surface area contributed by atoms with Crippen LogP contribution >= 0.6 is 0 Å². The first-order valence-electron chi connectivity index (χ1n) is 13.7. The Morgan fingerprint density at radius 3 is 2.31 bits per heavy atom. The summed E-state index contributed by atoms with van der Waals surface area (Å²) in [6.07, 6.45) is 8.52. The van der Waals surface area contributed by atoms with Crippen LogP contribution in [0.25, 0.3) is 0 Å². The molecule has 8 nitrogen and oxygen atoms in total. The van der Waals surface area contributed by atoms with Gasteiger partial charge in [0.15, 0.2) is 0 Å². The van der Waals surface area contributed by atoms with Gasteiger partial charge in [-0.1, -0.05) is 79.0 Å². The molecule has 0 unspecified atom stereocenters. The first kappa shape index (κ1) is 26.3. The van der Waals surface area contributed by atoms with Crippen molar-refractivity contribution in [3.05, 3.63) is 101 Å². The van der Waals surface area contributed by atoms with E-state index in [1.54, 1.807) is 12.1 Å². The number of aryl methyl sites for hydroxylation is 1. The number of hydrogen-bond donors (Lipinski definition) is 2. The second-order valence-corrected chi connectivity index (χ2v) is 10.1. The molecule has 200 valence electrons. The Labute approximate surface area is 228 Å². The van der Waals surface area contributed by atoms with Gasteiger partial charge in [0.05, 0.1) is 6.54 Å². The molecule has 2 amide bonds. The number of aromatic nitrogens is 4. The standard InChI is InChI=1S/C31H34N6O2/c38-29(13-7-10-23-8-3-1-4-9-23)37(28-20-18-26(19-21-28)25-11-5-2-6-12-25)22-24-14-16-27(17-15-24)30(39)32-31-33-35-36-34-31/h1,3-4,8-9,14-21,25H,2,5-7,10-13,22H2,(H2,32,33,34,35,36,39). The van der Waals surface area contributed by atoms with Crippen molar-refractivity contribution in [2.24, 2.45) is 0 Å². The molecule has 8 heteroatoms. The van der Waals surface area contributed by atoms with Gasteiger partial charge in [0.2, 0.25) is 5.91 Å². The van der Waals surface area contributed by atoms with Crippen LogP contribution in [0.15, 0.2) is 78.9 Å². The van der Waals surface area contributed by atoms with Crippen LogP contribution in [-0.2, 0) is 17.8 Å². The number of amides is 2. The predicted octanol–water partition coefficient (Wildman–Crippen LogP) is 6.06. The van der Waals surface area contributed by atoms with Gasteiger partial charge in [-0.25, -0.2) is 0 Å². The Balaban J connectivity index is 1.29. The van der Waals surface area contributed by atoms with Crippen molar-refractivity contribution in [1.29, 1.82) is 0 Å². The number of nitrogens with zero attached hydrogens (tertiary/aromatic N) is 4. The number of carbonyl (C=O) groups is 2. The summed E-state index contributed by atoms with van der Waals surface area (Å²) in [5, 5.41) is 15.8. The van der Waals surface area contributed by atoms with Gasteiger partial charge in [-0.3, -0.25) is 14.9 Å². The highest BCUT2D eigenvalue weighted by Crippen LogP contribution is 2.33. The lowest BCUT2D eigenvalue weighted by atomic mass is 9.84. The molecule has 0 spiro atoms. The van der Waals surface area contributed by atoms with Crippen LogP contribution in [0.1, 0.15) is 77.9 Å². The second kappa shape index (κ2) is 13.0. The molecule has 1 aromatic heterocycles. The molecule has 2 N–H and O–H groups in total. The van der Waals surface area contributed by atoms with E-state index in [4.69, 9.17) is 0 Å². The van der Waals surface area contributed by atoms with E-state index in [9.17, 15) is 9.59 Å². The zero-order valence-corrected chi connectivity index (χ0v) is 22.1. The molecule has 3 aromatic carbocycles. The van der Waals surface area contributed by atoms with Crippen LogP contribution in [0.4, 0.5) is 11.6 Å². The molecule has 1 saturated carbocycles. The van der Waals surface area contributed by atoms with Gasteiger partial charge in [-0.15, -0.1) is 5.10 Å². The number of hydrogen-bond acceptors (Lipinski definition) is 5. The number of benzene rings is 3. The van der Waals surface area contributed by atoms with Crippen molar-refractivity contribution < 1.29 is 9.59 Å². The minimum absolute atomic E-state index is 0.0928. The third kappa shape index (κ3) is 7.16. The molecule has 1 aliphatic rings. The molecule has 1 fully saturated rings. The van der Waals surface area contributed by atoms with E-state index >= 15 is 0 Å². The van der Waals surface area contributed by atoms with Crippen LogP contribution in [0.5, 0.6) is 0 Å². The molecule has 39 heavy (non-hydrogen) atoms. The van der Waals surface area contributed by atoms with E-state index in [1.807, 2.05) is 35.2 Å². The summed E-state index contributed by atoms with van der Waals surface area (Å²) < 4.78 is 0. The summed E-state index contributed by atoms with van der Waals surface area (Å²) in [5.41, 5.74) is 4.92. The monoisotopic (exact) mass is 522 g/mol. The summed E-state index contributed by atoms with van der Waals surface area (Å²) in [5.74, 6) is 0.507. The van der Waals surface area contributed by atoms with Crippen molar-refractivity contribution >= 4 is 23.5 Å². The number of carbonyl (C=O) groups excluding carboxylic acids is 2. The third-order valence-corrected chi connectivity index (χ3v) is 7.41. The summed E-state index contributed by atoms with van der Waals surface area (Å²) in [6.45, 7) is 0.430. The molecule has 4 aromatic rings. The highest BCUT2D eigenvalue weighted by Gasteiger charge is 2.19. The van der Waals surface area contributed by atoms with Crippen LogP contribution in [0.3, 0.4) is 0 Å². The minimum atomic E-state index is -0.324. The number of H-pyrrole nitrogens is 1. The lowest BCUT2D eigenvalue weighted by Crippen LogP contribution is -2.30. The van der Waals surface area contributed by atoms with E-state index in [2.05, 4.69) is 62.3 Å². The zero-order valence-electron chi connectivity index (χ0n) is 22.1. The smallest absolute Gasteiger partial charge is 0.270 e. The minimum Gasteiger partial charge on any atom is -0.308 e. The highest BCUT2D eigenvalue weighted by molar-refractivity contribution is 6.03. The highest BCUT2D eigenvalue weighted by atomic mass is 16.2. The number of aromatic amines is 1. The van der Waals surface area contributed by atoms with Crippen LogP contribution < -0.4 is 10.2 Å². The molecule has 1 aliphatic carbocycles.